The highest BCUT2D eigenvalue weighted by Gasteiger charge is 2.16. The summed E-state index contributed by atoms with van der Waals surface area (Å²) in [4.78, 5) is 43.9. The number of anilines is 1. The third-order valence-corrected chi connectivity index (χ3v) is 6.77. The van der Waals surface area contributed by atoms with Gasteiger partial charge in [-0.25, -0.2) is 9.67 Å². The van der Waals surface area contributed by atoms with Crippen molar-refractivity contribution in [2.75, 3.05) is 5.32 Å². The normalized spacial score (nSPS) is 11.0. The predicted octanol–water partition coefficient (Wildman–Crippen LogP) is 3.47. The first-order valence-electron chi connectivity index (χ1n) is 9.89. The molecule has 0 saturated carbocycles. The predicted molar refractivity (Wildman–Crippen MR) is 127 cm³/mol. The van der Waals surface area contributed by atoms with Gasteiger partial charge in [-0.2, -0.15) is 5.10 Å². The fourth-order valence-electron chi connectivity index (χ4n) is 3.30. The van der Waals surface area contributed by atoms with Crippen molar-refractivity contribution in [2.45, 2.75) is 33.9 Å². The molecule has 2 amide bonds. The van der Waals surface area contributed by atoms with Gasteiger partial charge in [-0.1, -0.05) is 18.2 Å². The van der Waals surface area contributed by atoms with Gasteiger partial charge in [-0.05, 0) is 32.0 Å². The van der Waals surface area contributed by atoms with E-state index in [1.807, 2.05) is 38.1 Å². The molecule has 0 bridgehead atoms. The molecular weight excluding hydrogens is 446 g/mol. The van der Waals surface area contributed by atoms with Crippen molar-refractivity contribution in [3.63, 3.8) is 0 Å². The monoisotopic (exact) mass is 467 g/mol. The van der Waals surface area contributed by atoms with E-state index in [9.17, 15) is 14.4 Å². The smallest absolute Gasteiger partial charge is 0.275 e. The van der Waals surface area contributed by atoms with Crippen molar-refractivity contribution in [2.24, 2.45) is 0 Å². The number of benzene rings is 1. The Hall–Kier alpha value is -3.37. The van der Waals surface area contributed by atoms with Crippen LogP contribution in [0.4, 0.5) is 5.13 Å². The molecule has 0 unspecified atom stereocenters. The molecule has 0 fully saturated rings. The fourth-order valence-corrected chi connectivity index (χ4v) is 5.20. The van der Waals surface area contributed by atoms with Gasteiger partial charge in [0.2, 0.25) is 11.8 Å². The number of nitrogens with one attached hydrogen (secondary N) is 2. The average Bonchev–Trinajstić information content (AvgIpc) is 3.36. The maximum Gasteiger partial charge on any atom is 0.275 e. The molecule has 8 nitrogen and oxygen atoms in total. The third kappa shape index (κ3) is 4.61. The molecule has 0 atom stereocenters. The number of aromatic nitrogens is 3. The van der Waals surface area contributed by atoms with Crippen LogP contribution in [0, 0.1) is 13.8 Å². The summed E-state index contributed by atoms with van der Waals surface area (Å²) in [7, 11) is 0. The highest BCUT2D eigenvalue weighted by atomic mass is 32.1. The van der Waals surface area contributed by atoms with Gasteiger partial charge in [-0.3, -0.25) is 14.4 Å². The van der Waals surface area contributed by atoms with Gasteiger partial charge in [0.05, 0.1) is 28.2 Å². The van der Waals surface area contributed by atoms with Gasteiger partial charge in [0.15, 0.2) is 5.13 Å². The molecule has 3 aromatic heterocycles. The van der Waals surface area contributed by atoms with Crippen molar-refractivity contribution < 1.29 is 9.59 Å². The van der Waals surface area contributed by atoms with E-state index >= 15 is 0 Å². The first-order valence-corrected chi connectivity index (χ1v) is 11.5. The lowest BCUT2D eigenvalue weighted by Gasteiger charge is -2.08. The van der Waals surface area contributed by atoms with Crippen LogP contribution in [0.3, 0.4) is 0 Å². The van der Waals surface area contributed by atoms with Gasteiger partial charge in [0.25, 0.3) is 5.56 Å². The molecule has 10 heteroatoms. The zero-order valence-electron chi connectivity index (χ0n) is 17.8. The number of hydrogen-bond donors (Lipinski definition) is 2. The number of aryl methyl sites for hydroxylation is 2. The zero-order valence-corrected chi connectivity index (χ0v) is 19.4. The molecule has 2 N–H and O–H groups in total. The molecule has 0 aliphatic rings. The molecule has 4 aromatic rings. The van der Waals surface area contributed by atoms with Crippen LogP contribution in [-0.4, -0.2) is 26.6 Å². The summed E-state index contributed by atoms with van der Waals surface area (Å²) in [6, 6.07) is 11.1. The minimum absolute atomic E-state index is 0.0787. The quantitative estimate of drug-likeness (QED) is 0.452. The summed E-state index contributed by atoms with van der Waals surface area (Å²) in [6.45, 7) is 5.51. The Kier molecular flexibility index (Phi) is 6.15. The topological polar surface area (TPSA) is 106 Å². The summed E-state index contributed by atoms with van der Waals surface area (Å²) in [6.07, 6.45) is 0. The summed E-state index contributed by atoms with van der Waals surface area (Å²) in [5.41, 5.74) is 1.18. The molecule has 3 heterocycles. The molecule has 164 valence electrons. The van der Waals surface area contributed by atoms with E-state index in [0.29, 0.717) is 22.8 Å². The molecule has 1 aromatic carbocycles. The standard InChI is InChI=1S/C22H21N5O3S2/c1-12-16-6-4-5-7-17(16)21(30)27(26-12)11-19(29)24-22-25-20(13(2)31-22)18-9-8-15(32-18)10-23-14(3)28/h4-9H,10-11H2,1-3H3,(H,23,28)(H,24,25,29). The second kappa shape index (κ2) is 9.01. The van der Waals surface area contributed by atoms with Crippen LogP contribution in [0.15, 0.2) is 41.2 Å². The van der Waals surface area contributed by atoms with E-state index in [0.717, 1.165) is 25.7 Å². The third-order valence-electron chi connectivity index (χ3n) is 4.80. The van der Waals surface area contributed by atoms with E-state index in [1.54, 1.807) is 23.5 Å². The largest absolute Gasteiger partial charge is 0.351 e. The lowest BCUT2D eigenvalue weighted by molar-refractivity contribution is -0.119. The Bertz CT molecular complexity index is 1390. The van der Waals surface area contributed by atoms with Gasteiger partial charge >= 0.3 is 0 Å². The maximum atomic E-state index is 12.7. The van der Waals surface area contributed by atoms with Crippen molar-refractivity contribution in [1.29, 1.82) is 0 Å². The van der Waals surface area contributed by atoms with E-state index in [4.69, 9.17) is 0 Å². The Morgan fingerprint density at radius 3 is 2.56 bits per heavy atom. The number of carbonyl (C=O) groups is 2. The first-order chi connectivity index (χ1) is 15.3. The van der Waals surface area contributed by atoms with Crippen LogP contribution in [-0.2, 0) is 22.7 Å². The fraction of sp³-hybridized carbons (Fsp3) is 0.227. The second-order valence-electron chi connectivity index (χ2n) is 7.24. The molecule has 0 saturated heterocycles. The van der Waals surface area contributed by atoms with Gasteiger partial charge in [-0.15, -0.1) is 22.7 Å². The molecule has 4 rings (SSSR count). The van der Waals surface area contributed by atoms with Crippen LogP contribution in [0.25, 0.3) is 21.3 Å². The van der Waals surface area contributed by atoms with E-state index < -0.39 is 0 Å². The number of thiophene rings is 1. The number of fused-ring (bicyclic) bond motifs is 1. The number of rotatable bonds is 6. The number of nitrogens with zero attached hydrogens (tertiary/aromatic N) is 3. The summed E-state index contributed by atoms with van der Waals surface area (Å²) < 4.78 is 1.18. The average molecular weight is 468 g/mol. The van der Waals surface area contributed by atoms with E-state index in [1.165, 1.54) is 22.9 Å². The molecule has 0 radical (unpaired) electrons. The lowest BCUT2D eigenvalue weighted by atomic mass is 10.1. The van der Waals surface area contributed by atoms with Crippen LogP contribution in [0.5, 0.6) is 0 Å². The minimum atomic E-state index is -0.368. The Morgan fingerprint density at radius 2 is 1.81 bits per heavy atom. The summed E-state index contributed by atoms with van der Waals surface area (Å²) in [5.74, 6) is -0.447. The van der Waals surface area contributed by atoms with Crippen molar-refractivity contribution >= 4 is 50.4 Å². The molecule has 0 aliphatic heterocycles. The molecule has 32 heavy (non-hydrogen) atoms. The Morgan fingerprint density at radius 1 is 1.06 bits per heavy atom. The number of amides is 2. The van der Waals surface area contributed by atoms with Gasteiger partial charge in [0, 0.05) is 22.1 Å². The number of carbonyl (C=O) groups excluding carboxylic acids is 2. The number of hydrogen-bond acceptors (Lipinski definition) is 7. The molecule has 0 aliphatic carbocycles. The van der Waals surface area contributed by atoms with Gasteiger partial charge in [0.1, 0.15) is 6.54 Å². The Labute approximate surface area is 191 Å². The van der Waals surface area contributed by atoms with E-state index in [-0.39, 0.29) is 23.9 Å². The van der Waals surface area contributed by atoms with Crippen LogP contribution in [0.1, 0.15) is 22.4 Å². The maximum absolute atomic E-state index is 12.7. The zero-order chi connectivity index (χ0) is 22.8. The van der Waals surface area contributed by atoms with Crippen molar-refractivity contribution in [3.8, 4) is 10.6 Å². The first kappa shape index (κ1) is 21.8. The van der Waals surface area contributed by atoms with Crippen molar-refractivity contribution in [3.05, 3.63) is 62.2 Å². The lowest BCUT2D eigenvalue weighted by Crippen LogP contribution is -2.30. The molecular formula is C22H21N5O3S2. The minimum Gasteiger partial charge on any atom is -0.351 e. The molecule has 0 spiro atoms. The van der Waals surface area contributed by atoms with Crippen LogP contribution in [0.2, 0.25) is 0 Å². The van der Waals surface area contributed by atoms with Gasteiger partial charge < -0.3 is 10.6 Å². The highest BCUT2D eigenvalue weighted by Crippen LogP contribution is 2.34. The van der Waals surface area contributed by atoms with Crippen molar-refractivity contribution in [1.82, 2.24) is 20.1 Å². The summed E-state index contributed by atoms with van der Waals surface area (Å²) >= 11 is 2.91. The van der Waals surface area contributed by atoms with E-state index in [2.05, 4.69) is 20.7 Å². The SMILES string of the molecule is CC(=O)NCc1ccc(-c2nc(NC(=O)Cn3nc(C)c4ccccc4c3=O)sc2C)s1. The van der Waals surface area contributed by atoms with Crippen LogP contribution >= 0.6 is 22.7 Å². The Balaban J connectivity index is 1.49. The summed E-state index contributed by atoms with van der Waals surface area (Å²) in [5, 5.41) is 11.6. The second-order valence-corrected chi connectivity index (χ2v) is 9.61. The number of thiazole rings is 1. The van der Waals surface area contributed by atoms with Crippen LogP contribution < -0.4 is 16.2 Å². The highest BCUT2D eigenvalue weighted by molar-refractivity contribution is 7.18.